The molecule has 0 aliphatic carbocycles. The van der Waals surface area contributed by atoms with Crippen molar-refractivity contribution in [3.8, 4) is 0 Å². The molecule has 0 aromatic heterocycles. The second kappa shape index (κ2) is 5.40. The molecule has 0 aliphatic rings. The highest BCUT2D eigenvalue weighted by atomic mass is 14.3. The highest BCUT2D eigenvalue weighted by molar-refractivity contribution is 5.01. The second-order valence-electron chi connectivity index (χ2n) is 4.02. The van der Waals surface area contributed by atoms with E-state index in [9.17, 15) is 0 Å². The van der Waals surface area contributed by atoms with Crippen LogP contribution in [0.15, 0.2) is 12.7 Å². The summed E-state index contributed by atoms with van der Waals surface area (Å²) >= 11 is 0. The van der Waals surface area contributed by atoms with Gasteiger partial charge in [-0.05, 0) is 37.0 Å². The summed E-state index contributed by atoms with van der Waals surface area (Å²) in [5, 5.41) is 0. The van der Waals surface area contributed by atoms with E-state index in [-0.39, 0.29) is 0 Å². The highest BCUT2D eigenvalue weighted by Gasteiger charge is 2.25. The molecule has 0 saturated heterocycles. The van der Waals surface area contributed by atoms with Gasteiger partial charge in [-0.2, -0.15) is 0 Å². The number of hydrogen-bond acceptors (Lipinski definition) is 0. The Bertz CT molecular complexity index is 118. The third-order valence-electron chi connectivity index (χ3n) is 2.78. The van der Waals surface area contributed by atoms with Gasteiger partial charge in [-0.1, -0.05) is 33.8 Å². The molecule has 0 heterocycles. The Morgan fingerprint density at radius 2 is 1.75 bits per heavy atom. The molecular weight excluding hydrogens is 144 g/mol. The van der Waals surface area contributed by atoms with Gasteiger partial charge < -0.3 is 0 Å². The van der Waals surface area contributed by atoms with Gasteiger partial charge in [0.25, 0.3) is 0 Å². The summed E-state index contributed by atoms with van der Waals surface area (Å²) in [7, 11) is 0. The van der Waals surface area contributed by atoms with Gasteiger partial charge in [-0.15, -0.1) is 6.58 Å². The maximum Gasteiger partial charge on any atom is -0.0190 e. The molecule has 0 saturated carbocycles. The molecule has 71 valence electrons. The molecule has 0 atom stereocenters. The third kappa shape index (κ3) is 3.42. The Hall–Kier alpha value is -0.260. The molecule has 0 bridgehead atoms. The fourth-order valence-corrected chi connectivity index (χ4v) is 1.85. The summed E-state index contributed by atoms with van der Waals surface area (Å²) in [4.78, 5) is 0. The first-order chi connectivity index (χ1) is 5.58. The quantitative estimate of drug-likeness (QED) is 0.515. The predicted octanol–water partition coefficient (Wildman–Crippen LogP) is 4.37. The maximum absolute atomic E-state index is 3.77. The van der Waals surface area contributed by atoms with Crippen molar-refractivity contribution in [2.45, 2.75) is 53.4 Å². The summed E-state index contributed by atoms with van der Waals surface area (Å²) in [5.74, 6) is 1.68. The minimum Gasteiger partial charge on any atom is -0.103 e. The molecule has 0 nitrogen and oxygen atoms in total. The second-order valence-corrected chi connectivity index (χ2v) is 4.02. The fraction of sp³-hybridized carbons (Fsp3) is 0.750. The van der Waals surface area contributed by atoms with Crippen molar-refractivity contribution in [2.75, 3.05) is 0 Å². The van der Waals surface area contributed by atoms with Crippen LogP contribution >= 0.6 is 0 Å². The first kappa shape index (κ1) is 11.7. The Morgan fingerprint density at radius 3 is 2.08 bits per heavy atom. The largest absolute Gasteiger partial charge is 0.103 e. The number of rotatable bonds is 6. The SMILES string of the molecule is C=CCCC(C)(C)[C](CC)CC. The van der Waals surface area contributed by atoms with E-state index in [1.807, 2.05) is 6.08 Å². The molecule has 1 radical (unpaired) electrons. The summed E-state index contributed by atoms with van der Waals surface area (Å²) in [5.41, 5.74) is 0.414. The molecule has 0 spiro atoms. The molecule has 0 aliphatic heterocycles. The minimum atomic E-state index is 0.414. The summed E-state index contributed by atoms with van der Waals surface area (Å²) in [6.07, 6.45) is 6.84. The van der Waals surface area contributed by atoms with Crippen molar-refractivity contribution in [3.63, 3.8) is 0 Å². The summed E-state index contributed by atoms with van der Waals surface area (Å²) in [6, 6.07) is 0. The van der Waals surface area contributed by atoms with Crippen LogP contribution in [0.1, 0.15) is 53.4 Å². The van der Waals surface area contributed by atoms with Crippen LogP contribution in [0.3, 0.4) is 0 Å². The van der Waals surface area contributed by atoms with Gasteiger partial charge in [0.2, 0.25) is 0 Å². The molecular formula is C12H23. The molecule has 0 rings (SSSR count). The summed E-state index contributed by atoms with van der Waals surface area (Å²) in [6.45, 7) is 13.0. The molecule has 0 heteroatoms. The Labute approximate surface area is 78.1 Å². The third-order valence-corrected chi connectivity index (χ3v) is 2.78. The van der Waals surface area contributed by atoms with Gasteiger partial charge >= 0.3 is 0 Å². The number of hydrogen-bond donors (Lipinski definition) is 0. The smallest absolute Gasteiger partial charge is 0.0190 e. The van der Waals surface area contributed by atoms with Crippen LogP contribution < -0.4 is 0 Å². The number of allylic oxidation sites excluding steroid dienone is 1. The zero-order valence-electron chi connectivity index (χ0n) is 9.11. The lowest BCUT2D eigenvalue weighted by molar-refractivity contribution is 0.330. The average molecular weight is 167 g/mol. The summed E-state index contributed by atoms with van der Waals surface area (Å²) < 4.78 is 0. The average Bonchev–Trinajstić information content (AvgIpc) is 2.03. The minimum absolute atomic E-state index is 0.414. The van der Waals surface area contributed by atoms with E-state index in [0.717, 1.165) is 6.42 Å². The van der Waals surface area contributed by atoms with Crippen LogP contribution in [-0.2, 0) is 0 Å². The zero-order valence-corrected chi connectivity index (χ0v) is 9.11. The van der Waals surface area contributed by atoms with E-state index in [1.54, 1.807) is 5.92 Å². The van der Waals surface area contributed by atoms with Crippen LogP contribution in [0.25, 0.3) is 0 Å². The van der Waals surface area contributed by atoms with Crippen molar-refractivity contribution in [1.82, 2.24) is 0 Å². The van der Waals surface area contributed by atoms with Crippen molar-refractivity contribution in [3.05, 3.63) is 18.6 Å². The Balaban J connectivity index is 4.04. The van der Waals surface area contributed by atoms with Crippen LogP contribution in [0.4, 0.5) is 0 Å². The Kier molecular flexibility index (Phi) is 5.28. The fourth-order valence-electron chi connectivity index (χ4n) is 1.85. The first-order valence-corrected chi connectivity index (χ1v) is 5.04. The van der Waals surface area contributed by atoms with Gasteiger partial charge in [0.05, 0.1) is 0 Å². The van der Waals surface area contributed by atoms with E-state index < -0.39 is 0 Å². The molecule has 0 N–H and O–H groups in total. The van der Waals surface area contributed by atoms with Crippen molar-refractivity contribution >= 4 is 0 Å². The monoisotopic (exact) mass is 167 g/mol. The van der Waals surface area contributed by atoms with Gasteiger partial charge in [0.15, 0.2) is 0 Å². The van der Waals surface area contributed by atoms with E-state index >= 15 is 0 Å². The van der Waals surface area contributed by atoms with Gasteiger partial charge in [-0.3, -0.25) is 0 Å². The van der Waals surface area contributed by atoms with Crippen molar-refractivity contribution in [2.24, 2.45) is 5.41 Å². The van der Waals surface area contributed by atoms with Gasteiger partial charge in [-0.25, -0.2) is 0 Å². The molecule has 0 unspecified atom stereocenters. The topological polar surface area (TPSA) is 0 Å². The Morgan fingerprint density at radius 1 is 1.25 bits per heavy atom. The molecule has 0 aromatic rings. The van der Waals surface area contributed by atoms with Crippen molar-refractivity contribution < 1.29 is 0 Å². The normalized spacial score (nSPS) is 12.1. The lowest BCUT2D eigenvalue weighted by Gasteiger charge is -2.32. The van der Waals surface area contributed by atoms with E-state index in [1.165, 1.54) is 19.3 Å². The van der Waals surface area contributed by atoms with Crippen LogP contribution in [0.2, 0.25) is 0 Å². The molecule has 0 amide bonds. The van der Waals surface area contributed by atoms with E-state index in [0.29, 0.717) is 5.41 Å². The van der Waals surface area contributed by atoms with E-state index in [4.69, 9.17) is 0 Å². The molecule has 0 aromatic carbocycles. The predicted molar refractivity (Wildman–Crippen MR) is 57.0 cm³/mol. The van der Waals surface area contributed by atoms with Crippen LogP contribution in [-0.4, -0.2) is 0 Å². The first-order valence-electron chi connectivity index (χ1n) is 5.04. The van der Waals surface area contributed by atoms with Crippen molar-refractivity contribution in [1.29, 1.82) is 0 Å². The highest BCUT2D eigenvalue weighted by Crippen LogP contribution is 2.37. The molecule has 0 fully saturated rings. The van der Waals surface area contributed by atoms with Crippen LogP contribution in [0.5, 0.6) is 0 Å². The standard InChI is InChI=1S/C12H23/c1-6-9-10-12(4,5)11(7-2)8-3/h6H,1,7-10H2,2-5H3. The zero-order chi connectivity index (χ0) is 9.61. The lowest BCUT2D eigenvalue weighted by atomic mass is 9.73. The van der Waals surface area contributed by atoms with Gasteiger partial charge in [0.1, 0.15) is 0 Å². The van der Waals surface area contributed by atoms with Crippen LogP contribution in [0, 0.1) is 11.3 Å². The maximum atomic E-state index is 3.77. The van der Waals surface area contributed by atoms with E-state index in [2.05, 4.69) is 34.3 Å². The van der Waals surface area contributed by atoms with Gasteiger partial charge in [0, 0.05) is 0 Å². The lowest BCUT2D eigenvalue weighted by Crippen LogP contribution is -2.20. The molecule has 12 heavy (non-hydrogen) atoms.